The van der Waals surface area contributed by atoms with Crippen molar-refractivity contribution in [3.63, 3.8) is 0 Å². The largest absolute Gasteiger partial charge is 0.383 e. The van der Waals surface area contributed by atoms with E-state index in [1.165, 1.54) is 25.0 Å². The van der Waals surface area contributed by atoms with E-state index in [1.807, 2.05) is 0 Å². The first-order chi connectivity index (χ1) is 9.56. The summed E-state index contributed by atoms with van der Waals surface area (Å²) in [5.41, 5.74) is 7.30. The van der Waals surface area contributed by atoms with Crippen LogP contribution < -0.4 is 5.73 Å². The zero-order valence-corrected chi connectivity index (χ0v) is 14.3. The molecule has 2 N–H and O–H groups in total. The molecule has 1 saturated heterocycles. The highest BCUT2D eigenvalue weighted by Gasteiger charge is 2.31. The van der Waals surface area contributed by atoms with E-state index in [1.54, 1.807) is 0 Å². The minimum Gasteiger partial charge on any atom is -0.383 e. The zero-order valence-electron chi connectivity index (χ0n) is 12.1. The van der Waals surface area contributed by atoms with E-state index in [9.17, 15) is 0 Å². The molecule has 0 spiro atoms. The molecule has 20 heavy (non-hydrogen) atoms. The lowest BCUT2D eigenvalue weighted by Crippen LogP contribution is -2.32. The van der Waals surface area contributed by atoms with Crippen molar-refractivity contribution in [1.29, 1.82) is 0 Å². The van der Waals surface area contributed by atoms with Crippen LogP contribution in [0.15, 0.2) is 0 Å². The van der Waals surface area contributed by atoms with Crippen molar-refractivity contribution < 1.29 is 0 Å². The van der Waals surface area contributed by atoms with Crippen LogP contribution in [0.3, 0.4) is 0 Å². The van der Waals surface area contributed by atoms with Crippen LogP contribution in [0.4, 0.5) is 5.82 Å². The fourth-order valence-electron chi connectivity index (χ4n) is 2.83. The summed E-state index contributed by atoms with van der Waals surface area (Å²) in [6, 6.07) is 0.249. The van der Waals surface area contributed by atoms with Crippen LogP contribution >= 0.6 is 22.6 Å². The molecule has 1 unspecified atom stereocenters. The van der Waals surface area contributed by atoms with E-state index in [0.717, 1.165) is 29.0 Å². The Labute approximate surface area is 134 Å². The van der Waals surface area contributed by atoms with E-state index in [-0.39, 0.29) is 6.04 Å². The van der Waals surface area contributed by atoms with E-state index in [4.69, 9.17) is 10.7 Å². The van der Waals surface area contributed by atoms with E-state index >= 15 is 0 Å². The molecule has 6 heteroatoms. The van der Waals surface area contributed by atoms with Gasteiger partial charge in [0.2, 0.25) is 0 Å². The molecule has 2 heterocycles. The third-order valence-corrected chi connectivity index (χ3v) is 5.35. The maximum Gasteiger partial charge on any atom is 0.149 e. The molecule has 0 bridgehead atoms. The minimum atomic E-state index is 0.249. The van der Waals surface area contributed by atoms with Crippen LogP contribution in [0.25, 0.3) is 0 Å². The molecule has 1 aliphatic heterocycles. The average molecular weight is 387 g/mol. The summed E-state index contributed by atoms with van der Waals surface area (Å²) < 4.78 is 1.05. The zero-order chi connectivity index (χ0) is 14.3. The van der Waals surface area contributed by atoms with Gasteiger partial charge in [0.15, 0.2) is 0 Å². The van der Waals surface area contributed by atoms with Crippen LogP contribution in [0, 0.1) is 3.57 Å². The standard InChI is InChI=1S/C14H22IN5/c1-19-6-3-7-20(2)10(8-19)14-17-12(9-4-5-9)11(15)13(16)18-14/h9-10H,3-8H2,1-2H3,(H2,16,17,18). The first-order valence-electron chi connectivity index (χ1n) is 7.28. The Hall–Kier alpha value is -0.470. The van der Waals surface area contributed by atoms with Gasteiger partial charge in [-0.3, -0.25) is 4.90 Å². The SMILES string of the molecule is CN1CCCN(C)C(c2nc(N)c(I)c(C3CC3)n2)C1. The van der Waals surface area contributed by atoms with Crippen molar-refractivity contribution >= 4 is 28.4 Å². The second-order valence-electron chi connectivity index (χ2n) is 6.05. The van der Waals surface area contributed by atoms with Crippen molar-refractivity contribution in [2.75, 3.05) is 39.5 Å². The number of likely N-dealkylation sites (N-methyl/N-ethyl adjacent to an activating group) is 2. The summed E-state index contributed by atoms with van der Waals surface area (Å²) in [7, 11) is 4.34. The van der Waals surface area contributed by atoms with E-state index in [2.05, 4.69) is 51.5 Å². The maximum atomic E-state index is 6.12. The molecule has 3 rings (SSSR count). The van der Waals surface area contributed by atoms with Gasteiger partial charge in [-0.15, -0.1) is 0 Å². The summed E-state index contributed by atoms with van der Waals surface area (Å²) in [5, 5.41) is 0. The predicted molar refractivity (Wildman–Crippen MR) is 88.6 cm³/mol. The number of aromatic nitrogens is 2. The summed E-state index contributed by atoms with van der Waals surface area (Å²) in [6.45, 7) is 3.19. The number of rotatable bonds is 2. The van der Waals surface area contributed by atoms with E-state index in [0.29, 0.717) is 11.7 Å². The predicted octanol–water partition coefficient (Wildman–Crippen LogP) is 1.85. The number of anilines is 1. The maximum absolute atomic E-state index is 6.12. The summed E-state index contributed by atoms with van der Waals surface area (Å²) in [5.74, 6) is 2.17. The fourth-order valence-corrected chi connectivity index (χ4v) is 3.51. The number of halogens is 1. The highest BCUT2D eigenvalue weighted by Crippen LogP contribution is 2.42. The van der Waals surface area contributed by atoms with Gasteiger partial charge in [0.25, 0.3) is 0 Å². The summed E-state index contributed by atoms with van der Waals surface area (Å²) in [4.78, 5) is 14.2. The molecular weight excluding hydrogens is 365 g/mol. The van der Waals surface area contributed by atoms with E-state index < -0.39 is 0 Å². The van der Waals surface area contributed by atoms with Crippen molar-refractivity contribution in [2.24, 2.45) is 0 Å². The molecule has 2 fully saturated rings. The third-order valence-electron chi connectivity index (χ3n) is 4.25. The Kier molecular flexibility index (Phi) is 4.14. The van der Waals surface area contributed by atoms with Gasteiger partial charge < -0.3 is 10.6 Å². The number of hydrogen-bond donors (Lipinski definition) is 1. The Morgan fingerprint density at radius 1 is 1.20 bits per heavy atom. The lowest BCUT2D eigenvalue weighted by atomic mass is 10.2. The van der Waals surface area contributed by atoms with Crippen molar-refractivity contribution in [3.05, 3.63) is 15.1 Å². The van der Waals surface area contributed by atoms with Crippen LogP contribution in [-0.2, 0) is 0 Å². The summed E-state index contributed by atoms with van der Waals surface area (Å²) >= 11 is 2.29. The van der Waals surface area contributed by atoms with Crippen LogP contribution in [-0.4, -0.2) is 53.5 Å². The normalized spacial score (nSPS) is 25.6. The van der Waals surface area contributed by atoms with Crippen molar-refractivity contribution in [3.8, 4) is 0 Å². The highest BCUT2D eigenvalue weighted by molar-refractivity contribution is 14.1. The first-order valence-corrected chi connectivity index (χ1v) is 8.35. The van der Waals surface area contributed by atoms with Crippen LogP contribution in [0.1, 0.15) is 42.7 Å². The van der Waals surface area contributed by atoms with Gasteiger partial charge >= 0.3 is 0 Å². The Bertz CT molecular complexity index is 503. The van der Waals surface area contributed by atoms with Gasteiger partial charge in [-0.25, -0.2) is 9.97 Å². The number of nitrogens with two attached hydrogens (primary N) is 1. The molecule has 1 aromatic heterocycles. The summed E-state index contributed by atoms with van der Waals surface area (Å²) in [6.07, 6.45) is 3.68. The Balaban J connectivity index is 1.95. The van der Waals surface area contributed by atoms with Gasteiger partial charge in [0, 0.05) is 12.5 Å². The molecule has 1 aliphatic carbocycles. The van der Waals surface area contributed by atoms with Gasteiger partial charge in [-0.1, -0.05) is 0 Å². The molecule has 1 saturated carbocycles. The molecule has 1 aromatic rings. The van der Waals surface area contributed by atoms with Gasteiger partial charge in [-0.05, 0) is 69.0 Å². The molecule has 5 nitrogen and oxygen atoms in total. The smallest absolute Gasteiger partial charge is 0.149 e. The second kappa shape index (κ2) is 5.73. The molecular formula is C14H22IN5. The third kappa shape index (κ3) is 2.92. The topological polar surface area (TPSA) is 58.3 Å². The van der Waals surface area contributed by atoms with Crippen molar-refractivity contribution in [2.45, 2.75) is 31.2 Å². The van der Waals surface area contributed by atoms with Crippen LogP contribution in [0.2, 0.25) is 0 Å². The molecule has 1 atom stereocenters. The lowest BCUT2D eigenvalue weighted by molar-refractivity contribution is 0.219. The number of hydrogen-bond acceptors (Lipinski definition) is 5. The molecule has 110 valence electrons. The van der Waals surface area contributed by atoms with Crippen molar-refractivity contribution in [1.82, 2.24) is 19.8 Å². The first kappa shape index (κ1) is 14.5. The van der Waals surface area contributed by atoms with Gasteiger partial charge in [0.1, 0.15) is 11.6 Å². The quantitative estimate of drug-likeness (QED) is 0.785. The van der Waals surface area contributed by atoms with Gasteiger partial charge in [0.05, 0.1) is 15.3 Å². The molecule has 2 aliphatic rings. The second-order valence-corrected chi connectivity index (χ2v) is 7.13. The highest BCUT2D eigenvalue weighted by atomic mass is 127. The molecule has 0 amide bonds. The van der Waals surface area contributed by atoms with Gasteiger partial charge in [-0.2, -0.15) is 0 Å². The Morgan fingerprint density at radius 3 is 2.65 bits per heavy atom. The average Bonchev–Trinajstić information content (AvgIpc) is 3.23. The Morgan fingerprint density at radius 2 is 1.95 bits per heavy atom. The molecule has 0 aromatic carbocycles. The number of nitrogens with zero attached hydrogens (tertiary/aromatic N) is 4. The number of nitrogen functional groups attached to an aromatic ring is 1. The monoisotopic (exact) mass is 387 g/mol. The lowest BCUT2D eigenvalue weighted by Gasteiger charge is -2.26. The van der Waals surface area contributed by atoms with Crippen LogP contribution in [0.5, 0.6) is 0 Å². The minimum absolute atomic E-state index is 0.249. The fraction of sp³-hybridized carbons (Fsp3) is 0.714. The molecule has 0 radical (unpaired) electrons.